The maximum Gasteiger partial charge on any atom is -0.0771 e. The van der Waals surface area contributed by atoms with Crippen molar-refractivity contribution in [1.82, 2.24) is 0 Å². The van der Waals surface area contributed by atoms with Crippen LogP contribution in [0.4, 0.5) is 0 Å². The quantitative estimate of drug-likeness (QED) is 0.273. The molecule has 38 heavy (non-hydrogen) atoms. The molecule has 0 amide bonds. The fraction of sp³-hybridized carbons (Fsp3) is 0.143. The number of rotatable bonds is 4. The minimum Gasteiger partial charge on any atom is -0.126 e. The van der Waals surface area contributed by atoms with E-state index in [1.807, 2.05) is 0 Å². The Morgan fingerprint density at radius 2 is 1.11 bits per heavy atom. The number of hydrogen-bond donors (Lipinski definition) is 0. The van der Waals surface area contributed by atoms with Gasteiger partial charge in [0.25, 0.3) is 0 Å². The summed E-state index contributed by atoms with van der Waals surface area (Å²) in [5.74, 6) is 0. The zero-order valence-electron chi connectivity index (χ0n) is 21.9. The van der Waals surface area contributed by atoms with Crippen LogP contribution < -0.4 is 24.8 Å². The fourth-order valence-electron chi connectivity index (χ4n) is 4.31. The molecule has 5 aromatic carbocycles. The van der Waals surface area contributed by atoms with Crippen LogP contribution in [0.25, 0.3) is 21.5 Å². The molecule has 0 spiro atoms. The summed E-state index contributed by atoms with van der Waals surface area (Å²) in [6, 6.07) is 40.4. The number of hydrogen-bond acceptors (Lipinski definition) is 0. The van der Waals surface area contributed by atoms with E-state index < -0.39 is 0 Å². The van der Waals surface area contributed by atoms with Crippen molar-refractivity contribution in [3.05, 3.63) is 150 Å². The molecule has 0 saturated heterocycles. The van der Waals surface area contributed by atoms with Crippen LogP contribution in [0.15, 0.2) is 132 Å². The van der Waals surface area contributed by atoms with E-state index in [4.69, 9.17) is 0 Å². The summed E-state index contributed by atoms with van der Waals surface area (Å²) < 4.78 is 1.42. The number of halogens is 2. The molecule has 6 rings (SSSR count). The SMILES string of the molecule is CCC1=[C-]CC(CC)=C1.[Cl-].[Cl-].[Zr+2]=[C](c1ccccc1)c1ccccc1.c1ccc2c(c1)[cH-]c1ccccc12. The fourth-order valence-corrected chi connectivity index (χ4v) is 5.13. The molecule has 0 nitrogen and oxygen atoms in total. The van der Waals surface area contributed by atoms with Gasteiger partial charge >= 0.3 is 99.2 Å². The largest absolute Gasteiger partial charge is 0.126 e. The maximum absolute atomic E-state index is 3.33. The first-order valence-electron chi connectivity index (χ1n) is 12.7. The molecule has 0 heterocycles. The van der Waals surface area contributed by atoms with Crippen LogP contribution in [-0.4, -0.2) is 3.21 Å². The maximum atomic E-state index is 3.33. The summed E-state index contributed by atoms with van der Waals surface area (Å²) in [5, 5.41) is 5.39. The standard InChI is InChI=1S/C13H9.C13H10.C9H13.2ClH.Zr/c1-3-7-12-10(5-1)9-11-6-2-4-8-13(11)12;1-3-7-12(8-4-1)11-13-9-5-2-6-10-13;1-3-8-5-6-9(4-2)7-8;;;/h1-9H;1-10H;7H,3-5H2,1-2H3;2*1H;/q-1;;-1;;;+2/p-2. The molecule has 0 bridgehead atoms. The van der Waals surface area contributed by atoms with Crippen molar-refractivity contribution < 1.29 is 49.0 Å². The third-order valence-electron chi connectivity index (χ3n) is 6.40. The van der Waals surface area contributed by atoms with Crippen LogP contribution in [0.1, 0.15) is 44.2 Å². The Morgan fingerprint density at radius 1 is 0.658 bits per heavy atom. The van der Waals surface area contributed by atoms with Crippen molar-refractivity contribution in [2.45, 2.75) is 33.1 Å². The van der Waals surface area contributed by atoms with Gasteiger partial charge < -0.3 is 24.8 Å². The van der Waals surface area contributed by atoms with E-state index >= 15 is 0 Å². The number of allylic oxidation sites excluding steroid dienone is 4. The minimum atomic E-state index is 0. The van der Waals surface area contributed by atoms with Gasteiger partial charge in [-0.1, -0.05) is 63.1 Å². The Labute approximate surface area is 255 Å². The second kappa shape index (κ2) is 16.5. The summed E-state index contributed by atoms with van der Waals surface area (Å²) in [6.45, 7) is 4.38. The van der Waals surface area contributed by atoms with Gasteiger partial charge in [-0.3, -0.25) is 6.08 Å². The van der Waals surface area contributed by atoms with Crippen LogP contribution in [0, 0.1) is 6.08 Å². The molecule has 0 atom stereocenters. The monoisotopic (exact) mass is 612 g/mol. The molecule has 1 aliphatic carbocycles. The third kappa shape index (κ3) is 8.54. The smallest absolute Gasteiger partial charge is 0.0771 e. The molecule has 3 heteroatoms. The van der Waals surface area contributed by atoms with Gasteiger partial charge in [0.15, 0.2) is 0 Å². The Kier molecular flexibility index (Phi) is 13.8. The Bertz CT molecular complexity index is 1390. The average Bonchev–Trinajstić information content (AvgIpc) is 3.59. The molecule has 0 N–H and O–H groups in total. The van der Waals surface area contributed by atoms with Gasteiger partial charge in [0.05, 0.1) is 0 Å². The Balaban J connectivity index is 0.000000200. The number of fused-ring (bicyclic) bond motifs is 3. The second-order valence-corrected chi connectivity index (χ2v) is 10.0. The molecular weight excluding hydrogens is 583 g/mol. The van der Waals surface area contributed by atoms with Gasteiger partial charge in [-0.25, -0.2) is 11.6 Å². The molecule has 5 aromatic rings. The van der Waals surface area contributed by atoms with E-state index in [1.165, 1.54) is 77.7 Å². The van der Waals surface area contributed by atoms with Gasteiger partial charge in [-0.2, -0.15) is 5.57 Å². The van der Waals surface area contributed by atoms with Crippen molar-refractivity contribution in [1.29, 1.82) is 0 Å². The van der Waals surface area contributed by atoms with Gasteiger partial charge in [-0.15, -0.1) is 46.2 Å². The number of benzene rings is 4. The summed E-state index contributed by atoms with van der Waals surface area (Å²) in [5.41, 5.74) is 5.59. The summed E-state index contributed by atoms with van der Waals surface area (Å²) in [4.78, 5) is 0. The summed E-state index contributed by atoms with van der Waals surface area (Å²) in [6.07, 6.45) is 9.03. The minimum absolute atomic E-state index is 0. The summed E-state index contributed by atoms with van der Waals surface area (Å²) in [7, 11) is 0. The topological polar surface area (TPSA) is 0 Å². The first kappa shape index (κ1) is 31.8. The van der Waals surface area contributed by atoms with Gasteiger partial charge in [0.2, 0.25) is 0 Å². The van der Waals surface area contributed by atoms with Crippen molar-refractivity contribution in [2.75, 3.05) is 0 Å². The Hall–Kier alpha value is -2.44. The molecular formula is C35H32Cl2Zr-2. The molecule has 0 saturated carbocycles. The molecule has 1 aliphatic rings. The molecule has 0 aromatic heterocycles. The first-order valence-corrected chi connectivity index (χ1v) is 13.9. The normalized spacial score (nSPS) is 11.6. The van der Waals surface area contributed by atoms with Crippen LogP contribution in [-0.2, 0) is 24.2 Å². The van der Waals surface area contributed by atoms with Crippen LogP contribution in [0.2, 0.25) is 0 Å². The predicted molar refractivity (Wildman–Crippen MR) is 153 cm³/mol. The van der Waals surface area contributed by atoms with E-state index in [2.05, 4.69) is 141 Å². The Morgan fingerprint density at radius 3 is 1.50 bits per heavy atom. The van der Waals surface area contributed by atoms with E-state index in [1.54, 1.807) is 0 Å². The molecule has 0 radical (unpaired) electrons. The van der Waals surface area contributed by atoms with Crippen molar-refractivity contribution in [3.8, 4) is 0 Å². The van der Waals surface area contributed by atoms with Crippen molar-refractivity contribution in [3.63, 3.8) is 0 Å². The molecule has 0 unspecified atom stereocenters. The molecule has 0 aliphatic heterocycles. The van der Waals surface area contributed by atoms with Crippen LogP contribution in [0.5, 0.6) is 0 Å². The molecule has 0 fully saturated rings. The van der Waals surface area contributed by atoms with Crippen LogP contribution in [0.3, 0.4) is 0 Å². The second-order valence-electron chi connectivity index (χ2n) is 8.81. The van der Waals surface area contributed by atoms with E-state index in [0.717, 1.165) is 12.8 Å². The van der Waals surface area contributed by atoms with Gasteiger partial charge in [-0.05, 0) is 0 Å². The van der Waals surface area contributed by atoms with Gasteiger partial charge in [0, 0.05) is 0 Å². The van der Waals surface area contributed by atoms with Crippen LogP contribution >= 0.6 is 0 Å². The molecule has 192 valence electrons. The van der Waals surface area contributed by atoms with Gasteiger partial charge in [0.1, 0.15) is 0 Å². The van der Waals surface area contributed by atoms with E-state index in [0.29, 0.717) is 0 Å². The van der Waals surface area contributed by atoms with Crippen molar-refractivity contribution >= 4 is 24.8 Å². The zero-order valence-corrected chi connectivity index (χ0v) is 25.9. The predicted octanol–water partition coefficient (Wildman–Crippen LogP) is 3.39. The van der Waals surface area contributed by atoms with Crippen molar-refractivity contribution in [2.24, 2.45) is 0 Å². The average molecular weight is 615 g/mol. The summed E-state index contributed by atoms with van der Waals surface area (Å²) >= 11 is 1.46. The zero-order chi connectivity index (χ0) is 25.2. The first-order chi connectivity index (χ1) is 17.7. The van der Waals surface area contributed by atoms with E-state index in [-0.39, 0.29) is 24.8 Å². The third-order valence-corrected chi connectivity index (χ3v) is 7.82. The van der Waals surface area contributed by atoms with E-state index in [9.17, 15) is 0 Å².